The van der Waals surface area contributed by atoms with Crippen LogP contribution in [0.5, 0.6) is 5.88 Å². The van der Waals surface area contributed by atoms with Gasteiger partial charge < -0.3 is 10.1 Å². The first-order chi connectivity index (χ1) is 10.1. The van der Waals surface area contributed by atoms with Gasteiger partial charge in [-0.15, -0.1) is 11.3 Å². The lowest BCUT2D eigenvalue weighted by molar-refractivity contribution is -0.123. The quantitative estimate of drug-likeness (QED) is 0.943. The van der Waals surface area contributed by atoms with E-state index in [-0.39, 0.29) is 12.5 Å². The molecule has 6 heteroatoms. The van der Waals surface area contributed by atoms with Gasteiger partial charge in [0.15, 0.2) is 6.61 Å². The highest BCUT2D eigenvalue weighted by atomic mass is 32.1. The van der Waals surface area contributed by atoms with Gasteiger partial charge in [-0.1, -0.05) is 12.8 Å². The number of hydrogen-bond donors (Lipinski definition) is 1. The monoisotopic (exact) mass is 305 g/mol. The molecule has 0 radical (unpaired) electrons. The first-order valence-electron chi connectivity index (χ1n) is 7.28. The van der Waals surface area contributed by atoms with Crippen LogP contribution in [0, 0.1) is 13.8 Å². The van der Waals surface area contributed by atoms with Gasteiger partial charge >= 0.3 is 0 Å². The smallest absolute Gasteiger partial charge is 0.258 e. The molecule has 1 saturated carbocycles. The van der Waals surface area contributed by atoms with Crippen molar-refractivity contribution in [1.82, 2.24) is 15.3 Å². The van der Waals surface area contributed by atoms with Gasteiger partial charge in [0.05, 0.1) is 5.39 Å². The largest absolute Gasteiger partial charge is 0.467 e. The second-order valence-corrected chi connectivity index (χ2v) is 6.68. The Bertz CT molecular complexity index is 662. The average molecular weight is 305 g/mol. The number of carbonyl (C=O) groups is 1. The van der Waals surface area contributed by atoms with Crippen LogP contribution >= 0.6 is 11.3 Å². The summed E-state index contributed by atoms with van der Waals surface area (Å²) in [6.07, 6.45) is 6.04. The van der Waals surface area contributed by atoms with Crippen LogP contribution in [0.1, 0.15) is 36.1 Å². The van der Waals surface area contributed by atoms with E-state index in [1.54, 1.807) is 11.3 Å². The third-order valence-corrected chi connectivity index (χ3v) is 5.11. The highest BCUT2D eigenvalue weighted by Gasteiger charge is 2.18. The van der Waals surface area contributed by atoms with Gasteiger partial charge in [0, 0.05) is 10.9 Å². The molecule has 21 heavy (non-hydrogen) atoms. The number of ether oxygens (including phenoxy) is 1. The molecule has 0 spiro atoms. The SMILES string of the molecule is Cc1sc2ncnc(OCC(=O)NC3CCCC3)c2c1C. The van der Waals surface area contributed by atoms with Crippen molar-refractivity contribution in [2.45, 2.75) is 45.6 Å². The molecule has 0 atom stereocenters. The Morgan fingerprint density at radius 3 is 2.90 bits per heavy atom. The Labute approximate surface area is 127 Å². The van der Waals surface area contributed by atoms with Gasteiger partial charge in [0.25, 0.3) is 5.91 Å². The highest BCUT2D eigenvalue weighted by Crippen LogP contribution is 2.33. The number of aromatic nitrogens is 2. The summed E-state index contributed by atoms with van der Waals surface area (Å²) in [7, 11) is 0. The standard InChI is InChI=1S/C15H19N3O2S/c1-9-10(2)21-15-13(9)14(16-8-17-15)20-7-12(19)18-11-5-3-4-6-11/h8,11H,3-7H2,1-2H3,(H,18,19). The maximum atomic E-state index is 11.9. The lowest BCUT2D eigenvalue weighted by atomic mass is 10.2. The van der Waals surface area contributed by atoms with Crippen molar-refractivity contribution in [2.24, 2.45) is 0 Å². The van der Waals surface area contributed by atoms with Crippen molar-refractivity contribution in [3.05, 3.63) is 16.8 Å². The summed E-state index contributed by atoms with van der Waals surface area (Å²) >= 11 is 1.62. The Morgan fingerprint density at radius 2 is 2.14 bits per heavy atom. The van der Waals surface area contributed by atoms with Crippen LogP contribution in [-0.4, -0.2) is 28.5 Å². The third kappa shape index (κ3) is 3.00. The molecule has 0 unspecified atom stereocenters. The Kier molecular flexibility index (Phi) is 4.05. The van der Waals surface area contributed by atoms with E-state index in [9.17, 15) is 4.79 Å². The number of carbonyl (C=O) groups excluding carboxylic acids is 1. The van der Waals surface area contributed by atoms with Gasteiger partial charge in [-0.25, -0.2) is 9.97 Å². The highest BCUT2D eigenvalue weighted by molar-refractivity contribution is 7.18. The predicted molar refractivity (Wildman–Crippen MR) is 82.8 cm³/mol. The summed E-state index contributed by atoms with van der Waals surface area (Å²) < 4.78 is 5.63. The number of nitrogens with one attached hydrogen (secondary N) is 1. The molecule has 1 aliphatic carbocycles. The van der Waals surface area contributed by atoms with E-state index in [4.69, 9.17) is 4.74 Å². The number of nitrogens with zero attached hydrogens (tertiary/aromatic N) is 2. The summed E-state index contributed by atoms with van der Waals surface area (Å²) in [5, 5.41) is 3.94. The van der Waals surface area contributed by atoms with E-state index in [0.717, 1.165) is 28.6 Å². The van der Waals surface area contributed by atoms with Crippen LogP contribution in [0.2, 0.25) is 0 Å². The minimum absolute atomic E-state index is 0.0109. The average Bonchev–Trinajstić information content (AvgIpc) is 3.06. The van der Waals surface area contributed by atoms with Crippen LogP contribution in [0.4, 0.5) is 0 Å². The fourth-order valence-corrected chi connectivity index (χ4v) is 3.72. The number of amides is 1. The zero-order valence-electron chi connectivity index (χ0n) is 12.3. The topological polar surface area (TPSA) is 64.1 Å². The van der Waals surface area contributed by atoms with E-state index in [1.807, 2.05) is 6.92 Å². The van der Waals surface area contributed by atoms with Crippen molar-refractivity contribution in [2.75, 3.05) is 6.61 Å². The van der Waals surface area contributed by atoms with Gasteiger partial charge in [0.2, 0.25) is 5.88 Å². The molecule has 1 fully saturated rings. The van der Waals surface area contributed by atoms with E-state index in [0.29, 0.717) is 11.9 Å². The van der Waals surface area contributed by atoms with E-state index < -0.39 is 0 Å². The molecule has 0 aliphatic heterocycles. The van der Waals surface area contributed by atoms with Crippen molar-refractivity contribution >= 4 is 27.5 Å². The summed E-state index contributed by atoms with van der Waals surface area (Å²) in [5.74, 6) is 0.432. The van der Waals surface area contributed by atoms with Crippen molar-refractivity contribution in [3.63, 3.8) is 0 Å². The predicted octanol–water partition coefficient (Wildman–Crippen LogP) is 2.75. The Balaban J connectivity index is 1.68. The fourth-order valence-electron chi connectivity index (χ4n) is 2.73. The molecular weight excluding hydrogens is 286 g/mol. The molecule has 1 aliphatic rings. The first-order valence-corrected chi connectivity index (χ1v) is 8.09. The summed E-state index contributed by atoms with van der Waals surface area (Å²) in [6, 6.07) is 0.316. The number of rotatable bonds is 4. The van der Waals surface area contributed by atoms with Gasteiger partial charge in [-0.3, -0.25) is 4.79 Å². The molecular formula is C15H19N3O2S. The zero-order valence-corrected chi connectivity index (χ0v) is 13.1. The molecule has 0 bridgehead atoms. The van der Waals surface area contributed by atoms with E-state index in [1.165, 1.54) is 24.0 Å². The van der Waals surface area contributed by atoms with Crippen LogP contribution in [0.3, 0.4) is 0 Å². The van der Waals surface area contributed by atoms with Gasteiger partial charge in [0.1, 0.15) is 11.2 Å². The molecule has 112 valence electrons. The second-order valence-electron chi connectivity index (χ2n) is 5.48. The molecule has 1 N–H and O–H groups in total. The summed E-state index contributed by atoms with van der Waals surface area (Å²) in [5.41, 5.74) is 1.13. The van der Waals surface area contributed by atoms with Crippen LogP contribution in [-0.2, 0) is 4.79 Å². The molecule has 0 aromatic carbocycles. The van der Waals surface area contributed by atoms with Crippen LogP contribution < -0.4 is 10.1 Å². The van der Waals surface area contributed by atoms with Gasteiger partial charge in [-0.05, 0) is 32.3 Å². The molecule has 2 heterocycles. The Morgan fingerprint density at radius 1 is 1.38 bits per heavy atom. The normalized spacial score (nSPS) is 15.5. The minimum atomic E-state index is -0.0710. The summed E-state index contributed by atoms with van der Waals surface area (Å²) in [6.45, 7) is 4.10. The van der Waals surface area contributed by atoms with Crippen LogP contribution in [0.25, 0.3) is 10.2 Å². The fraction of sp³-hybridized carbons (Fsp3) is 0.533. The molecule has 1 amide bonds. The van der Waals surface area contributed by atoms with E-state index >= 15 is 0 Å². The number of fused-ring (bicyclic) bond motifs is 1. The lowest BCUT2D eigenvalue weighted by Crippen LogP contribution is -2.36. The molecule has 2 aromatic rings. The van der Waals surface area contributed by atoms with Crippen molar-refractivity contribution in [1.29, 1.82) is 0 Å². The maximum absolute atomic E-state index is 11.9. The number of hydrogen-bond acceptors (Lipinski definition) is 5. The number of thiophene rings is 1. The minimum Gasteiger partial charge on any atom is -0.467 e. The maximum Gasteiger partial charge on any atom is 0.258 e. The first kappa shape index (κ1) is 14.3. The third-order valence-electron chi connectivity index (χ3n) is 3.99. The van der Waals surface area contributed by atoms with Crippen LogP contribution in [0.15, 0.2) is 6.33 Å². The molecule has 0 saturated heterocycles. The van der Waals surface area contributed by atoms with E-state index in [2.05, 4.69) is 22.2 Å². The molecule has 2 aromatic heterocycles. The number of aryl methyl sites for hydroxylation is 2. The van der Waals surface area contributed by atoms with Crippen molar-refractivity contribution in [3.8, 4) is 5.88 Å². The molecule has 5 nitrogen and oxygen atoms in total. The summed E-state index contributed by atoms with van der Waals surface area (Å²) in [4.78, 5) is 22.5. The lowest BCUT2D eigenvalue weighted by Gasteiger charge is -2.12. The molecule has 3 rings (SSSR count). The van der Waals surface area contributed by atoms with Gasteiger partial charge in [-0.2, -0.15) is 0 Å². The second kappa shape index (κ2) is 5.97. The Hall–Kier alpha value is -1.69. The zero-order chi connectivity index (χ0) is 14.8. The van der Waals surface area contributed by atoms with Crippen molar-refractivity contribution < 1.29 is 9.53 Å².